The molecule has 1 heterocycles. The summed E-state index contributed by atoms with van der Waals surface area (Å²) in [6.07, 6.45) is 14.1. The third-order valence-corrected chi connectivity index (χ3v) is 6.37. The van der Waals surface area contributed by atoms with Crippen LogP contribution in [0.1, 0.15) is 69.3 Å². The number of nitrogens with zero attached hydrogens (tertiary/aromatic N) is 1. The lowest BCUT2D eigenvalue weighted by molar-refractivity contribution is -0.137. The van der Waals surface area contributed by atoms with Gasteiger partial charge in [-0.1, -0.05) is 31.4 Å². The van der Waals surface area contributed by atoms with Crippen molar-refractivity contribution >= 4 is 22.4 Å². The topological polar surface area (TPSA) is 71.3 Å². The van der Waals surface area contributed by atoms with Crippen molar-refractivity contribution in [3.8, 4) is 0 Å². The number of aromatic nitrogens is 1. The molecule has 5 nitrogen and oxygen atoms in total. The quantitative estimate of drug-likeness (QED) is 0.615. The Morgan fingerprint density at radius 2 is 1.97 bits per heavy atom. The van der Waals surface area contributed by atoms with Gasteiger partial charge in [0.2, 0.25) is 0 Å². The number of allylic oxidation sites excluding steroid dienone is 2. The maximum Gasteiger partial charge on any atom is 0.303 e. The fourth-order valence-corrected chi connectivity index (χ4v) is 4.77. The number of benzene rings is 1. The minimum absolute atomic E-state index is 0.00174. The number of anilines is 1. The zero-order valence-electron chi connectivity index (χ0n) is 17.2. The molecule has 4 rings (SSSR count). The lowest BCUT2D eigenvalue weighted by atomic mass is 9.93. The van der Waals surface area contributed by atoms with Crippen LogP contribution in [0, 0.1) is 5.82 Å². The van der Waals surface area contributed by atoms with Crippen LogP contribution in [0.15, 0.2) is 35.3 Å². The summed E-state index contributed by atoms with van der Waals surface area (Å²) in [4.78, 5) is 23.9. The predicted molar refractivity (Wildman–Crippen MR) is 117 cm³/mol. The van der Waals surface area contributed by atoms with E-state index in [1.165, 1.54) is 12.5 Å². The van der Waals surface area contributed by atoms with E-state index in [0.29, 0.717) is 24.0 Å². The van der Waals surface area contributed by atoms with Crippen LogP contribution in [0.5, 0.6) is 0 Å². The third kappa shape index (κ3) is 4.42. The molecule has 1 saturated carbocycles. The van der Waals surface area contributed by atoms with Crippen molar-refractivity contribution in [2.24, 2.45) is 0 Å². The Bertz CT molecular complexity index is 1020. The number of carboxylic acid groups (broad SMARTS) is 1. The molecule has 30 heavy (non-hydrogen) atoms. The minimum atomic E-state index is -0.882. The molecule has 0 saturated heterocycles. The lowest BCUT2D eigenvalue weighted by Crippen LogP contribution is -2.24. The van der Waals surface area contributed by atoms with Gasteiger partial charge in [0.05, 0.1) is 11.1 Å². The fourth-order valence-electron chi connectivity index (χ4n) is 4.77. The Morgan fingerprint density at radius 3 is 2.67 bits per heavy atom. The van der Waals surface area contributed by atoms with Gasteiger partial charge in [-0.3, -0.25) is 9.59 Å². The van der Waals surface area contributed by atoms with Crippen molar-refractivity contribution in [1.29, 1.82) is 0 Å². The number of fused-ring (bicyclic) bond motifs is 1. The average Bonchev–Trinajstić information content (AvgIpc) is 3.26. The second-order valence-corrected chi connectivity index (χ2v) is 8.55. The summed E-state index contributed by atoms with van der Waals surface area (Å²) in [5.41, 5.74) is 1.23. The van der Waals surface area contributed by atoms with E-state index in [4.69, 9.17) is 5.11 Å². The Balaban J connectivity index is 1.75. The van der Waals surface area contributed by atoms with Crippen LogP contribution in [0.25, 0.3) is 10.8 Å². The summed E-state index contributed by atoms with van der Waals surface area (Å²) >= 11 is 0. The number of nitrogens with one attached hydrogen (secondary N) is 1. The maximum atomic E-state index is 15.0. The molecule has 2 aliphatic rings. The maximum absolute atomic E-state index is 15.0. The molecular formula is C24H29FN2O3. The van der Waals surface area contributed by atoms with Crippen molar-refractivity contribution in [3.05, 3.63) is 52.2 Å². The van der Waals surface area contributed by atoms with E-state index < -0.39 is 11.8 Å². The summed E-state index contributed by atoms with van der Waals surface area (Å²) in [6, 6.07) is 3.44. The number of aliphatic carboxylic acids is 1. The van der Waals surface area contributed by atoms with E-state index in [0.717, 1.165) is 49.5 Å². The Labute approximate surface area is 175 Å². The smallest absolute Gasteiger partial charge is 0.303 e. The highest BCUT2D eigenvalue weighted by atomic mass is 19.1. The molecule has 1 unspecified atom stereocenters. The van der Waals surface area contributed by atoms with Crippen LogP contribution >= 0.6 is 0 Å². The van der Waals surface area contributed by atoms with Gasteiger partial charge in [0.15, 0.2) is 0 Å². The second-order valence-electron chi connectivity index (χ2n) is 8.55. The summed E-state index contributed by atoms with van der Waals surface area (Å²) in [5, 5.41) is 13.4. The lowest BCUT2D eigenvalue weighted by Gasteiger charge is -2.25. The van der Waals surface area contributed by atoms with Crippen LogP contribution in [-0.4, -0.2) is 21.7 Å². The fraction of sp³-hybridized carbons (Fsp3) is 0.500. The van der Waals surface area contributed by atoms with Crippen molar-refractivity contribution in [1.82, 2.24) is 4.57 Å². The van der Waals surface area contributed by atoms with Crippen LogP contribution in [0.3, 0.4) is 0 Å². The first kappa shape index (κ1) is 20.6. The molecule has 2 aliphatic carbocycles. The summed E-state index contributed by atoms with van der Waals surface area (Å²) in [7, 11) is 0. The van der Waals surface area contributed by atoms with E-state index in [-0.39, 0.29) is 23.9 Å². The monoisotopic (exact) mass is 412 g/mol. The van der Waals surface area contributed by atoms with Crippen LogP contribution < -0.4 is 10.9 Å². The number of aryl methyl sites for hydroxylation is 1. The number of carboxylic acids is 1. The number of carbonyl (C=O) groups is 1. The van der Waals surface area contributed by atoms with Crippen LogP contribution in [-0.2, 0) is 11.3 Å². The molecule has 0 amide bonds. The molecule has 0 radical (unpaired) electrons. The van der Waals surface area contributed by atoms with E-state index in [9.17, 15) is 14.0 Å². The highest BCUT2D eigenvalue weighted by Gasteiger charge is 2.21. The largest absolute Gasteiger partial charge is 0.481 e. The second kappa shape index (κ2) is 9.02. The van der Waals surface area contributed by atoms with Crippen molar-refractivity contribution < 1.29 is 14.3 Å². The standard InChI is InChI=1S/C24H29FN2O3/c25-21-13-19-18(14-22(21)26-17-9-2-1-3-10-17)20(16-7-4-5-8-16)15-27(24(19)30)12-6-11-23(28)29/h4,7,13-17,26H,1-3,5-6,8-12H2,(H,28,29). The third-order valence-electron chi connectivity index (χ3n) is 6.37. The van der Waals surface area contributed by atoms with Crippen LogP contribution in [0.2, 0.25) is 0 Å². The van der Waals surface area contributed by atoms with E-state index in [1.807, 2.05) is 12.3 Å². The Morgan fingerprint density at radius 1 is 1.17 bits per heavy atom. The molecule has 2 aromatic rings. The van der Waals surface area contributed by atoms with Gasteiger partial charge in [-0.15, -0.1) is 0 Å². The highest BCUT2D eigenvalue weighted by Crippen LogP contribution is 2.35. The SMILES string of the molecule is O=C(O)CCCn1cc(C2C=CCC2)c2cc(NC3CCCCC3)c(F)cc2c1=O. The molecule has 1 aromatic carbocycles. The first-order valence-electron chi connectivity index (χ1n) is 11.0. The highest BCUT2D eigenvalue weighted by molar-refractivity contribution is 5.89. The molecule has 0 bridgehead atoms. The molecule has 160 valence electrons. The summed E-state index contributed by atoms with van der Waals surface area (Å²) in [6.45, 7) is 0.314. The van der Waals surface area contributed by atoms with E-state index in [2.05, 4.69) is 17.5 Å². The zero-order valence-corrected chi connectivity index (χ0v) is 17.2. The van der Waals surface area contributed by atoms with Crippen molar-refractivity contribution in [2.75, 3.05) is 5.32 Å². The van der Waals surface area contributed by atoms with Gasteiger partial charge >= 0.3 is 5.97 Å². The van der Waals surface area contributed by atoms with Gasteiger partial charge in [-0.25, -0.2) is 4.39 Å². The average molecular weight is 413 g/mol. The number of halogens is 1. The van der Waals surface area contributed by atoms with Gasteiger partial charge in [0.1, 0.15) is 5.82 Å². The molecule has 1 fully saturated rings. The molecule has 1 aromatic heterocycles. The van der Waals surface area contributed by atoms with Gasteiger partial charge in [0, 0.05) is 31.1 Å². The van der Waals surface area contributed by atoms with Gasteiger partial charge in [-0.2, -0.15) is 0 Å². The Hall–Kier alpha value is -2.63. The number of hydrogen-bond donors (Lipinski definition) is 2. The Kier molecular flexibility index (Phi) is 6.21. The number of hydrogen-bond acceptors (Lipinski definition) is 3. The van der Waals surface area contributed by atoms with Crippen molar-refractivity contribution in [2.45, 2.75) is 76.3 Å². The molecule has 6 heteroatoms. The zero-order chi connectivity index (χ0) is 21.1. The predicted octanol–water partition coefficient (Wildman–Crippen LogP) is 5.18. The van der Waals surface area contributed by atoms with Crippen LogP contribution in [0.4, 0.5) is 10.1 Å². The molecule has 1 atom stereocenters. The first-order valence-corrected chi connectivity index (χ1v) is 11.0. The normalized spacial score (nSPS) is 19.4. The summed E-state index contributed by atoms with van der Waals surface area (Å²) in [5.74, 6) is -1.10. The number of pyridine rings is 1. The molecule has 0 spiro atoms. The number of rotatable bonds is 7. The minimum Gasteiger partial charge on any atom is -0.481 e. The summed E-state index contributed by atoms with van der Waals surface area (Å²) < 4.78 is 16.5. The molecular weight excluding hydrogens is 383 g/mol. The van der Waals surface area contributed by atoms with Gasteiger partial charge in [-0.05, 0) is 55.2 Å². The van der Waals surface area contributed by atoms with E-state index in [1.54, 1.807) is 4.57 Å². The molecule has 0 aliphatic heterocycles. The van der Waals surface area contributed by atoms with E-state index >= 15 is 0 Å². The van der Waals surface area contributed by atoms with Crippen molar-refractivity contribution in [3.63, 3.8) is 0 Å². The molecule has 2 N–H and O–H groups in total. The first-order chi connectivity index (χ1) is 14.5. The van der Waals surface area contributed by atoms with Gasteiger partial charge < -0.3 is 15.0 Å². The van der Waals surface area contributed by atoms with Gasteiger partial charge in [0.25, 0.3) is 5.56 Å².